The Morgan fingerprint density at radius 3 is 2.36 bits per heavy atom. The fourth-order valence-corrected chi connectivity index (χ4v) is 3.79. The molecule has 0 aliphatic rings. The highest BCUT2D eigenvalue weighted by molar-refractivity contribution is 7.90. The summed E-state index contributed by atoms with van der Waals surface area (Å²) in [6.07, 6.45) is 0. The molecule has 1 aromatic heterocycles. The Morgan fingerprint density at radius 1 is 1.05 bits per heavy atom. The van der Waals surface area contributed by atoms with Crippen molar-refractivity contribution >= 4 is 26.9 Å². The summed E-state index contributed by atoms with van der Waals surface area (Å²) in [4.78, 5) is 11.3. The molecule has 112 valence electrons. The Balaban J connectivity index is 2.39. The van der Waals surface area contributed by atoms with Gasteiger partial charge in [-0.15, -0.1) is 0 Å². The number of fused-ring (bicyclic) bond motifs is 1. The number of carboxylic acid groups (broad SMARTS) is 1. The van der Waals surface area contributed by atoms with Crippen molar-refractivity contribution in [2.45, 2.75) is 4.90 Å². The molecule has 0 aliphatic heterocycles. The van der Waals surface area contributed by atoms with Crippen LogP contribution in [-0.2, 0) is 10.0 Å². The van der Waals surface area contributed by atoms with Crippen LogP contribution in [0.15, 0.2) is 59.5 Å². The average Bonchev–Trinajstić information content (AvgIpc) is 2.87. The monoisotopic (exact) mass is 319 g/mol. The topological polar surface area (TPSA) is 76.4 Å². The maximum atomic E-state index is 13.3. The summed E-state index contributed by atoms with van der Waals surface area (Å²) in [5, 5.41) is 9.47. The van der Waals surface area contributed by atoms with E-state index in [-0.39, 0.29) is 15.8 Å². The first kappa shape index (κ1) is 14.3. The summed E-state index contributed by atoms with van der Waals surface area (Å²) in [6, 6.07) is 12.0. The summed E-state index contributed by atoms with van der Waals surface area (Å²) in [5.74, 6) is -1.98. The number of aromatic nitrogens is 1. The van der Waals surface area contributed by atoms with Crippen LogP contribution in [0.25, 0.3) is 10.9 Å². The number of benzene rings is 2. The first-order valence-corrected chi connectivity index (χ1v) is 7.70. The van der Waals surface area contributed by atoms with Crippen LogP contribution >= 0.6 is 0 Å². The molecule has 3 aromatic rings. The zero-order chi connectivity index (χ0) is 15.9. The first-order chi connectivity index (χ1) is 10.4. The van der Waals surface area contributed by atoms with E-state index in [2.05, 4.69) is 0 Å². The summed E-state index contributed by atoms with van der Waals surface area (Å²) in [5.41, 5.74) is -0.327. The second-order valence-electron chi connectivity index (χ2n) is 4.62. The molecular weight excluding hydrogens is 309 g/mol. The number of nitrogens with zero attached hydrogens (tertiary/aromatic N) is 1. The molecule has 0 spiro atoms. The predicted octanol–water partition coefficient (Wildman–Crippen LogP) is 2.72. The standard InChI is InChI=1S/C15H10FNO4S/c16-11-6-7-13-10(8-11)9-14(15(18)19)17(13)22(20,21)12-4-2-1-3-5-12/h1-9H,(H,18,19). The molecule has 0 radical (unpaired) electrons. The molecule has 22 heavy (non-hydrogen) atoms. The molecule has 7 heteroatoms. The lowest BCUT2D eigenvalue weighted by molar-refractivity contribution is 0.0689. The Morgan fingerprint density at radius 2 is 1.73 bits per heavy atom. The quantitative estimate of drug-likeness (QED) is 0.805. The fraction of sp³-hybridized carbons (Fsp3) is 0. The average molecular weight is 319 g/mol. The lowest BCUT2D eigenvalue weighted by atomic mass is 10.2. The summed E-state index contributed by atoms with van der Waals surface area (Å²) >= 11 is 0. The van der Waals surface area contributed by atoms with Crippen molar-refractivity contribution in [3.63, 3.8) is 0 Å². The molecule has 0 fully saturated rings. The normalized spacial score (nSPS) is 11.7. The maximum absolute atomic E-state index is 13.3. The number of hydrogen-bond donors (Lipinski definition) is 1. The van der Waals surface area contributed by atoms with Crippen molar-refractivity contribution in [1.29, 1.82) is 0 Å². The lowest BCUT2D eigenvalue weighted by Gasteiger charge is -2.09. The molecule has 5 nitrogen and oxygen atoms in total. The maximum Gasteiger partial charge on any atom is 0.353 e. The minimum atomic E-state index is -4.10. The SMILES string of the molecule is O=C(O)c1cc2cc(F)ccc2n1S(=O)(=O)c1ccccc1. The fourth-order valence-electron chi connectivity index (χ4n) is 2.27. The van der Waals surface area contributed by atoms with Crippen LogP contribution in [0.1, 0.15) is 10.5 Å². The summed E-state index contributed by atoms with van der Waals surface area (Å²) in [6.45, 7) is 0. The van der Waals surface area contributed by atoms with Gasteiger partial charge in [0, 0.05) is 5.39 Å². The highest BCUT2D eigenvalue weighted by atomic mass is 32.2. The number of halogens is 1. The molecular formula is C15H10FNO4S. The van der Waals surface area contributed by atoms with Crippen molar-refractivity contribution in [3.8, 4) is 0 Å². The van der Waals surface area contributed by atoms with Crippen molar-refractivity contribution in [2.24, 2.45) is 0 Å². The Bertz CT molecular complexity index is 977. The second kappa shape index (κ2) is 4.96. The van der Waals surface area contributed by atoms with Crippen molar-refractivity contribution < 1.29 is 22.7 Å². The van der Waals surface area contributed by atoms with Gasteiger partial charge in [0.2, 0.25) is 0 Å². The molecule has 3 rings (SSSR count). The van der Waals surface area contributed by atoms with Gasteiger partial charge in [-0.05, 0) is 36.4 Å². The Hall–Kier alpha value is -2.67. The molecule has 0 atom stereocenters. The van der Waals surface area contributed by atoms with Crippen LogP contribution in [-0.4, -0.2) is 23.5 Å². The van der Waals surface area contributed by atoms with E-state index in [4.69, 9.17) is 0 Å². The van der Waals surface area contributed by atoms with Crippen molar-refractivity contribution in [3.05, 3.63) is 66.1 Å². The van der Waals surface area contributed by atoms with Crippen molar-refractivity contribution in [1.82, 2.24) is 3.97 Å². The molecule has 0 aliphatic carbocycles. The minimum absolute atomic E-state index is 0.0423. The van der Waals surface area contributed by atoms with Crippen LogP contribution < -0.4 is 0 Å². The highest BCUT2D eigenvalue weighted by Gasteiger charge is 2.26. The molecule has 0 saturated heterocycles. The summed E-state index contributed by atoms with van der Waals surface area (Å²) < 4.78 is 39.5. The molecule has 0 unspecified atom stereocenters. The molecule has 0 bridgehead atoms. The van der Waals surface area contributed by atoms with Gasteiger partial charge in [0.25, 0.3) is 10.0 Å². The van der Waals surface area contributed by atoms with Crippen LogP contribution in [0.4, 0.5) is 4.39 Å². The number of rotatable bonds is 3. The Labute approximate surface area is 125 Å². The third-order valence-electron chi connectivity index (χ3n) is 3.22. The largest absolute Gasteiger partial charge is 0.477 e. The van der Waals surface area contributed by atoms with Gasteiger partial charge in [0.05, 0.1) is 10.4 Å². The third kappa shape index (κ3) is 2.15. The molecule has 0 saturated carbocycles. The number of aromatic carboxylic acids is 1. The highest BCUT2D eigenvalue weighted by Crippen LogP contribution is 2.26. The van der Waals surface area contributed by atoms with Gasteiger partial charge in [0.15, 0.2) is 0 Å². The van der Waals surface area contributed by atoms with E-state index < -0.39 is 27.5 Å². The summed E-state index contributed by atoms with van der Waals surface area (Å²) in [7, 11) is -4.10. The van der Waals surface area contributed by atoms with Gasteiger partial charge in [0.1, 0.15) is 11.5 Å². The van der Waals surface area contributed by atoms with Crippen LogP contribution in [0.5, 0.6) is 0 Å². The van der Waals surface area contributed by atoms with Gasteiger partial charge in [-0.3, -0.25) is 0 Å². The predicted molar refractivity (Wildman–Crippen MR) is 77.9 cm³/mol. The number of carboxylic acids is 1. The van der Waals surface area contributed by atoms with E-state index in [0.29, 0.717) is 0 Å². The zero-order valence-electron chi connectivity index (χ0n) is 11.1. The number of carbonyl (C=O) groups is 1. The van der Waals surface area contributed by atoms with E-state index in [0.717, 1.165) is 22.2 Å². The van der Waals surface area contributed by atoms with Crippen LogP contribution in [0, 0.1) is 5.82 Å². The molecule has 0 amide bonds. The van der Waals surface area contributed by atoms with Gasteiger partial charge in [-0.1, -0.05) is 18.2 Å². The van der Waals surface area contributed by atoms with E-state index >= 15 is 0 Å². The van der Waals surface area contributed by atoms with E-state index in [1.165, 1.54) is 18.2 Å². The third-order valence-corrected chi connectivity index (χ3v) is 4.96. The smallest absolute Gasteiger partial charge is 0.353 e. The van der Waals surface area contributed by atoms with Crippen LogP contribution in [0.3, 0.4) is 0 Å². The van der Waals surface area contributed by atoms with E-state index in [9.17, 15) is 22.7 Å². The van der Waals surface area contributed by atoms with E-state index in [1.54, 1.807) is 18.2 Å². The molecule has 1 heterocycles. The second-order valence-corrected chi connectivity index (χ2v) is 6.41. The van der Waals surface area contributed by atoms with Crippen molar-refractivity contribution in [2.75, 3.05) is 0 Å². The first-order valence-electron chi connectivity index (χ1n) is 6.26. The van der Waals surface area contributed by atoms with Gasteiger partial charge < -0.3 is 5.11 Å². The molecule has 2 aromatic carbocycles. The van der Waals surface area contributed by atoms with Gasteiger partial charge >= 0.3 is 5.97 Å². The van der Waals surface area contributed by atoms with Gasteiger partial charge in [-0.2, -0.15) is 0 Å². The lowest BCUT2D eigenvalue weighted by Crippen LogP contribution is -2.18. The van der Waals surface area contributed by atoms with Gasteiger partial charge in [-0.25, -0.2) is 21.6 Å². The zero-order valence-corrected chi connectivity index (χ0v) is 11.9. The number of hydrogen-bond acceptors (Lipinski definition) is 3. The molecule has 1 N–H and O–H groups in total. The van der Waals surface area contributed by atoms with Crippen LogP contribution in [0.2, 0.25) is 0 Å². The van der Waals surface area contributed by atoms with E-state index in [1.807, 2.05) is 0 Å². The Kier molecular flexibility index (Phi) is 3.22. The minimum Gasteiger partial charge on any atom is -0.477 e.